The molecule has 0 unspecified atom stereocenters. The van der Waals surface area contributed by atoms with Gasteiger partial charge in [-0.25, -0.2) is 4.98 Å². The zero-order chi connectivity index (χ0) is 14.9. The Morgan fingerprint density at radius 3 is 2.52 bits per heavy atom. The summed E-state index contributed by atoms with van der Waals surface area (Å²) in [6.07, 6.45) is 5.38. The van der Waals surface area contributed by atoms with Gasteiger partial charge in [-0.05, 0) is 44.4 Å². The van der Waals surface area contributed by atoms with Gasteiger partial charge in [-0.3, -0.25) is 0 Å². The molecule has 112 valence electrons. The molecule has 0 spiro atoms. The van der Waals surface area contributed by atoms with Crippen LogP contribution in [0.5, 0.6) is 0 Å². The van der Waals surface area contributed by atoms with Crippen molar-refractivity contribution in [2.24, 2.45) is 0 Å². The van der Waals surface area contributed by atoms with Gasteiger partial charge in [-0.1, -0.05) is 24.4 Å². The Balaban J connectivity index is 1.95. The SMILES string of the molecule is COC1(c2nc(-c3cc(C)cc(C)n3)no2)CCCCC1. The van der Waals surface area contributed by atoms with E-state index >= 15 is 0 Å². The minimum absolute atomic E-state index is 0.414. The predicted octanol–water partition coefficient (Wildman–Crippen LogP) is 3.55. The first-order valence-electron chi connectivity index (χ1n) is 7.48. The molecule has 0 amide bonds. The van der Waals surface area contributed by atoms with E-state index in [1.807, 2.05) is 26.0 Å². The molecule has 2 aromatic heterocycles. The van der Waals surface area contributed by atoms with Crippen molar-refractivity contribution >= 4 is 0 Å². The Bertz CT molecular complexity index is 610. The maximum absolute atomic E-state index is 5.74. The van der Waals surface area contributed by atoms with Crippen LogP contribution in [0.1, 0.15) is 49.3 Å². The lowest BCUT2D eigenvalue weighted by Gasteiger charge is -2.32. The fourth-order valence-electron chi connectivity index (χ4n) is 3.10. The zero-order valence-electron chi connectivity index (χ0n) is 12.8. The van der Waals surface area contributed by atoms with Gasteiger partial charge in [0.2, 0.25) is 5.82 Å². The summed E-state index contributed by atoms with van der Waals surface area (Å²) in [7, 11) is 1.73. The number of ether oxygens (including phenoxy) is 1. The van der Waals surface area contributed by atoms with E-state index in [2.05, 4.69) is 15.1 Å². The van der Waals surface area contributed by atoms with E-state index in [0.29, 0.717) is 11.7 Å². The Morgan fingerprint density at radius 1 is 1.10 bits per heavy atom. The van der Waals surface area contributed by atoms with Gasteiger partial charge in [0.1, 0.15) is 11.3 Å². The Morgan fingerprint density at radius 2 is 1.86 bits per heavy atom. The van der Waals surface area contributed by atoms with E-state index < -0.39 is 5.60 Å². The average Bonchev–Trinajstić information content (AvgIpc) is 2.97. The molecular weight excluding hydrogens is 266 g/mol. The summed E-state index contributed by atoms with van der Waals surface area (Å²) in [6.45, 7) is 4.01. The normalized spacial score (nSPS) is 17.9. The van der Waals surface area contributed by atoms with Gasteiger partial charge in [-0.15, -0.1) is 0 Å². The van der Waals surface area contributed by atoms with Crippen LogP contribution in [0.3, 0.4) is 0 Å². The van der Waals surface area contributed by atoms with Crippen molar-refractivity contribution in [3.05, 3.63) is 29.3 Å². The number of hydrogen-bond donors (Lipinski definition) is 0. The molecule has 0 saturated heterocycles. The van der Waals surface area contributed by atoms with Gasteiger partial charge in [0.15, 0.2) is 0 Å². The molecule has 0 N–H and O–H groups in total. The molecule has 0 radical (unpaired) electrons. The highest BCUT2D eigenvalue weighted by Gasteiger charge is 2.39. The van der Waals surface area contributed by atoms with Gasteiger partial charge in [-0.2, -0.15) is 4.98 Å². The summed E-state index contributed by atoms with van der Waals surface area (Å²) in [6, 6.07) is 4.00. The minimum Gasteiger partial charge on any atom is -0.368 e. The van der Waals surface area contributed by atoms with Crippen LogP contribution < -0.4 is 0 Å². The van der Waals surface area contributed by atoms with E-state index in [1.54, 1.807) is 7.11 Å². The molecule has 2 heterocycles. The Labute approximate surface area is 124 Å². The largest absolute Gasteiger partial charge is 0.368 e. The summed E-state index contributed by atoms with van der Waals surface area (Å²) in [5.41, 5.74) is 2.44. The molecule has 1 aliphatic rings. The number of aromatic nitrogens is 3. The number of nitrogens with zero attached hydrogens (tertiary/aromatic N) is 3. The first-order chi connectivity index (χ1) is 10.1. The third kappa shape index (κ3) is 2.70. The third-order valence-corrected chi connectivity index (χ3v) is 4.19. The second-order valence-electron chi connectivity index (χ2n) is 5.85. The molecule has 5 heteroatoms. The molecule has 3 rings (SSSR count). The van der Waals surface area contributed by atoms with Crippen molar-refractivity contribution < 1.29 is 9.26 Å². The van der Waals surface area contributed by atoms with Crippen molar-refractivity contribution in [3.8, 4) is 11.5 Å². The summed E-state index contributed by atoms with van der Waals surface area (Å²) < 4.78 is 11.3. The van der Waals surface area contributed by atoms with Crippen LogP contribution in [0.4, 0.5) is 0 Å². The van der Waals surface area contributed by atoms with E-state index in [-0.39, 0.29) is 0 Å². The minimum atomic E-state index is -0.414. The topological polar surface area (TPSA) is 61.0 Å². The smallest absolute Gasteiger partial charge is 0.259 e. The van der Waals surface area contributed by atoms with Gasteiger partial charge < -0.3 is 9.26 Å². The summed E-state index contributed by atoms with van der Waals surface area (Å²) in [4.78, 5) is 9.05. The summed E-state index contributed by atoms with van der Waals surface area (Å²) in [5.74, 6) is 1.12. The van der Waals surface area contributed by atoms with Gasteiger partial charge in [0, 0.05) is 12.8 Å². The number of pyridine rings is 1. The van der Waals surface area contributed by atoms with Crippen LogP contribution in [-0.4, -0.2) is 22.2 Å². The van der Waals surface area contributed by atoms with Gasteiger partial charge in [0.05, 0.1) is 0 Å². The molecular formula is C16H21N3O2. The standard InChI is InChI=1S/C16H21N3O2/c1-11-9-12(2)17-13(10-11)14-18-15(21-19-14)16(20-3)7-5-4-6-8-16/h9-10H,4-8H2,1-3H3. The number of hydrogen-bond acceptors (Lipinski definition) is 5. The second-order valence-corrected chi connectivity index (χ2v) is 5.85. The molecule has 1 saturated carbocycles. The highest BCUT2D eigenvalue weighted by Crippen LogP contribution is 2.39. The van der Waals surface area contributed by atoms with Gasteiger partial charge >= 0.3 is 0 Å². The fourth-order valence-corrected chi connectivity index (χ4v) is 3.10. The predicted molar refractivity (Wildman–Crippen MR) is 78.8 cm³/mol. The van der Waals surface area contributed by atoms with E-state index in [9.17, 15) is 0 Å². The van der Waals surface area contributed by atoms with E-state index in [4.69, 9.17) is 9.26 Å². The Kier molecular flexibility index (Phi) is 3.76. The van der Waals surface area contributed by atoms with Crippen molar-refractivity contribution in [2.75, 3.05) is 7.11 Å². The lowest BCUT2D eigenvalue weighted by molar-refractivity contribution is -0.0672. The maximum atomic E-state index is 5.74. The molecule has 0 aromatic carbocycles. The van der Waals surface area contributed by atoms with Crippen LogP contribution in [0.2, 0.25) is 0 Å². The number of rotatable bonds is 3. The highest BCUT2D eigenvalue weighted by atomic mass is 16.5. The van der Waals surface area contributed by atoms with Crippen LogP contribution in [0.25, 0.3) is 11.5 Å². The quantitative estimate of drug-likeness (QED) is 0.863. The van der Waals surface area contributed by atoms with Crippen LogP contribution in [0, 0.1) is 13.8 Å². The maximum Gasteiger partial charge on any atom is 0.259 e. The molecule has 1 fully saturated rings. The lowest BCUT2D eigenvalue weighted by atomic mass is 9.84. The second kappa shape index (κ2) is 5.56. The van der Waals surface area contributed by atoms with E-state index in [1.165, 1.54) is 6.42 Å². The first kappa shape index (κ1) is 14.2. The molecule has 1 aliphatic carbocycles. The monoisotopic (exact) mass is 287 g/mol. The summed E-state index contributed by atoms with van der Waals surface area (Å²) >= 11 is 0. The van der Waals surface area contributed by atoms with Crippen molar-refractivity contribution in [3.63, 3.8) is 0 Å². The average molecular weight is 287 g/mol. The first-order valence-corrected chi connectivity index (χ1v) is 7.48. The molecule has 0 bridgehead atoms. The highest BCUT2D eigenvalue weighted by molar-refractivity contribution is 5.50. The van der Waals surface area contributed by atoms with Crippen LogP contribution in [0.15, 0.2) is 16.7 Å². The lowest BCUT2D eigenvalue weighted by Crippen LogP contribution is -2.31. The van der Waals surface area contributed by atoms with Crippen molar-refractivity contribution in [1.29, 1.82) is 0 Å². The molecule has 21 heavy (non-hydrogen) atoms. The third-order valence-electron chi connectivity index (χ3n) is 4.19. The summed E-state index contributed by atoms with van der Waals surface area (Å²) in [5, 5.41) is 4.11. The number of methoxy groups -OCH3 is 1. The molecule has 0 atom stereocenters. The van der Waals surface area contributed by atoms with Crippen molar-refractivity contribution in [1.82, 2.24) is 15.1 Å². The van der Waals surface area contributed by atoms with Crippen LogP contribution in [-0.2, 0) is 10.3 Å². The van der Waals surface area contributed by atoms with Crippen molar-refractivity contribution in [2.45, 2.75) is 51.6 Å². The molecule has 5 nitrogen and oxygen atoms in total. The molecule has 0 aliphatic heterocycles. The number of aryl methyl sites for hydroxylation is 2. The van der Waals surface area contributed by atoms with Gasteiger partial charge in [0.25, 0.3) is 5.89 Å². The molecule has 2 aromatic rings. The van der Waals surface area contributed by atoms with E-state index in [0.717, 1.165) is 42.6 Å². The van der Waals surface area contributed by atoms with Crippen LogP contribution >= 0.6 is 0 Å². The Hall–Kier alpha value is -1.75. The zero-order valence-corrected chi connectivity index (χ0v) is 12.8. The fraction of sp³-hybridized carbons (Fsp3) is 0.562.